The molecule has 2 amide bonds. The van der Waals surface area contributed by atoms with Gasteiger partial charge in [0.1, 0.15) is 11.9 Å². The summed E-state index contributed by atoms with van der Waals surface area (Å²) in [6, 6.07) is 21.0. The van der Waals surface area contributed by atoms with Crippen LogP contribution in [0.1, 0.15) is 33.0 Å². The number of nitrogens with zero attached hydrogens (tertiary/aromatic N) is 1. The van der Waals surface area contributed by atoms with Gasteiger partial charge in [-0.3, -0.25) is 14.4 Å². The maximum Gasteiger partial charge on any atom is 0.305 e. The number of fused-ring (bicyclic) bond motifs is 2. The van der Waals surface area contributed by atoms with Gasteiger partial charge in [0, 0.05) is 10.8 Å². The van der Waals surface area contributed by atoms with E-state index in [2.05, 4.69) is 4.98 Å². The van der Waals surface area contributed by atoms with E-state index in [1.807, 2.05) is 68.4 Å². The molecule has 9 heteroatoms. The third-order valence-electron chi connectivity index (χ3n) is 7.31. The van der Waals surface area contributed by atoms with Gasteiger partial charge in [0.25, 0.3) is 0 Å². The third-order valence-corrected chi connectivity index (χ3v) is 9.71. The van der Waals surface area contributed by atoms with Crippen molar-refractivity contribution in [2.75, 3.05) is 12.0 Å². The molecule has 39 heavy (non-hydrogen) atoms. The molecule has 7 nitrogen and oxygen atoms in total. The summed E-state index contributed by atoms with van der Waals surface area (Å²) in [6.45, 7) is 4.38. The third kappa shape index (κ3) is 4.45. The minimum absolute atomic E-state index is 0.210. The van der Waals surface area contributed by atoms with Crippen LogP contribution < -0.4 is 19.2 Å². The number of aryl methyl sites for hydroxylation is 2. The highest BCUT2D eigenvalue weighted by Gasteiger charge is 2.56. The number of carbonyl (C=O) groups is 2. The molecule has 6 rings (SSSR count). The summed E-state index contributed by atoms with van der Waals surface area (Å²) >= 11 is 2.35. The molecule has 1 saturated heterocycles. The van der Waals surface area contributed by atoms with E-state index in [1.54, 1.807) is 19.2 Å². The summed E-state index contributed by atoms with van der Waals surface area (Å²) < 4.78 is 11.8. The topological polar surface area (TPSA) is 88.7 Å². The highest BCUT2D eigenvalue weighted by molar-refractivity contribution is 8.00. The minimum atomic E-state index is -0.661. The number of carbonyl (C=O) groups excluding carboxylic acids is 2. The first-order valence-corrected chi connectivity index (χ1v) is 14.2. The number of H-pyrrole nitrogens is 1. The number of aromatic amines is 1. The molecular weight excluding hydrogens is 532 g/mol. The number of hydrogen-bond donors (Lipinski definition) is 1. The fourth-order valence-electron chi connectivity index (χ4n) is 5.25. The van der Waals surface area contributed by atoms with Crippen LogP contribution >= 0.6 is 23.1 Å². The summed E-state index contributed by atoms with van der Waals surface area (Å²) in [6.07, 6.45) is 0. The maximum absolute atomic E-state index is 13.9. The van der Waals surface area contributed by atoms with E-state index < -0.39 is 17.1 Å². The number of thiazole rings is 1. The molecule has 1 aromatic heterocycles. The second kappa shape index (κ2) is 10.1. The quantitative estimate of drug-likeness (QED) is 0.317. The molecule has 3 aromatic carbocycles. The summed E-state index contributed by atoms with van der Waals surface area (Å²) in [7, 11) is 1.57. The first-order valence-electron chi connectivity index (χ1n) is 12.5. The van der Waals surface area contributed by atoms with Crippen LogP contribution in [0.4, 0.5) is 5.69 Å². The number of anilines is 1. The molecular formula is C30H26N2O5S2. The highest BCUT2D eigenvalue weighted by Crippen LogP contribution is 2.53. The SMILES string of the molecule is COc1cc([C@H]2c3sc(=O)[nH]c3SC3C(=O)N(c4ccc(C)cc4)C(=O)C32)ccc1OCc1ccccc1C. The summed E-state index contributed by atoms with van der Waals surface area (Å²) in [5.74, 6) is -0.590. The number of imide groups is 1. The molecule has 0 aliphatic carbocycles. The van der Waals surface area contributed by atoms with Crippen LogP contribution in [0.5, 0.6) is 11.5 Å². The lowest BCUT2D eigenvalue weighted by Gasteiger charge is -2.30. The van der Waals surface area contributed by atoms with Crippen molar-refractivity contribution >= 4 is 40.6 Å². The van der Waals surface area contributed by atoms with Gasteiger partial charge >= 0.3 is 4.87 Å². The summed E-state index contributed by atoms with van der Waals surface area (Å²) in [4.78, 5) is 44.6. The van der Waals surface area contributed by atoms with Crippen LogP contribution in [0.3, 0.4) is 0 Å². The molecule has 0 radical (unpaired) electrons. The van der Waals surface area contributed by atoms with Gasteiger partial charge in [0.05, 0.1) is 23.7 Å². The number of nitrogens with one attached hydrogen (secondary N) is 1. The molecule has 0 saturated carbocycles. The van der Waals surface area contributed by atoms with Gasteiger partial charge in [0.2, 0.25) is 11.8 Å². The van der Waals surface area contributed by atoms with Crippen molar-refractivity contribution in [2.45, 2.75) is 36.6 Å². The molecule has 4 aromatic rings. The van der Waals surface area contributed by atoms with Crippen molar-refractivity contribution < 1.29 is 19.1 Å². The van der Waals surface area contributed by atoms with E-state index in [0.29, 0.717) is 28.8 Å². The zero-order valence-corrected chi connectivity index (χ0v) is 23.2. The minimum Gasteiger partial charge on any atom is -0.493 e. The Labute approximate surface area is 233 Å². The van der Waals surface area contributed by atoms with Crippen molar-refractivity contribution in [3.05, 3.63) is 104 Å². The second-order valence-corrected chi connectivity index (χ2v) is 11.9. The molecule has 198 valence electrons. The van der Waals surface area contributed by atoms with Gasteiger partial charge in [-0.05, 0) is 54.8 Å². The number of ether oxygens (including phenoxy) is 2. The van der Waals surface area contributed by atoms with Crippen molar-refractivity contribution in [2.24, 2.45) is 5.92 Å². The van der Waals surface area contributed by atoms with E-state index in [1.165, 1.54) is 16.7 Å². The summed E-state index contributed by atoms with van der Waals surface area (Å²) in [5.41, 5.74) is 4.59. The molecule has 3 heterocycles. The number of benzene rings is 3. The van der Waals surface area contributed by atoms with Gasteiger partial charge in [-0.25, -0.2) is 4.90 Å². The monoisotopic (exact) mass is 558 g/mol. The number of thioether (sulfide) groups is 1. The normalized spacial score (nSPS) is 20.1. The van der Waals surface area contributed by atoms with Gasteiger partial charge in [-0.15, -0.1) is 0 Å². The van der Waals surface area contributed by atoms with E-state index in [0.717, 1.165) is 38.5 Å². The smallest absolute Gasteiger partial charge is 0.305 e. The van der Waals surface area contributed by atoms with Gasteiger partial charge in [-0.2, -0.15) is 0 Å². The van der Waals surface area contributed by atoms with Crippen molar-refractivity contribution in [1.29, 1.82) is 0 Å². The van der Waals surface area contributed by atoms with Crippen molar-refractivity contribution in [1.82, 2.24) is 4.98 Å². The molecule has 1 N–H and O–H groups in total. The van der Waals surface area contributed by atoms with E-state index in [9.17, 15) is 14.4 Å². The van der Waals surface area contributed by atoms with Crippen LogP contribution in [0.2, 0.25) is 0 Å². The van der Waals surface area contributed by atoms with E-state index in [-0.39, 0.29) is 16.7 Å². The average Bonchev–Trinajstić information content (AvgIpc) is 3.43. The predicted octanol–water partition coefficient (Wildman–Crippen LogP) is 5.44. The van der Waals surface area contributed by atoms with E-state index in [4.69, 9.17) is 9.47 Å². The van der Waals surface area contributed by atoms with Gasteiger partial charge in [-0.1, -0.05) is 71.1 Å². The fourth-order valence-corrected chi connectivity index (χ4v) is 7.76. The van der Waals surface area contributed by atoms with Crippen LogP contribution in [-0.4, -0.2) is 29.2 Å². The Morgan fingerprint density at radius 3 is 2.44 bits per heavy atom. The van der Waals surface area contributed by atoms with Crippen LogP contribution in [0, 0.1) is 19.8 Å². The molecule has 3 atom stereocenters. The standard InChI is InChI=1S/C30H26N2O5S2/c1-16-8-11-20(12-9-16)32-28(33)24-23(25-27(31-30(35)39-25)38-26(24)29(32)34)18-10-13-21(22(14-18)36-3)37-15-19-7-5-4-6-17(19)2/h4-14,23-24,26H,15H2,1-3H3,(H,31,35)/t23-,24?,26?/m1/s1. The fraction of sp³-hybridized carbons (Fsp3) is 0.233. The largest absolute Gasteiger partial charge is 0.493 e. The van der Waals surface area contributed by atoms with Crippen LogP contribution in [0.15, 0.2) is 76.6 Å². The lowest BCUT2D eigenvalue weighted by Crippen LogP contribution is -2.32. The Morgan fingerprint density at radius 1 is 0.923 bits per heavy atom. The number of aromatic nitrogens is 1. The van der Waals surface area contributed by atoms with Gasteiger partial charge in [0.15, 0.2) is 11.5 Å². The zero-order chi connectivity index (χ0) is 27.3. The maximum atomic E-state index is 13.9. The molecule has 0 bridgehead atoms. The second-order valence-electron chi connectivity index (χ2n) is 9.72. The Balaban J connectivity index is 1.38. The number of amides is 2. The van der Waals surface area contributed by atoms with E-state index >= 15 is 0 Å². The van der Waals surface area contributed by atoms with Crippen LogP contribution in [-0.2, 0) is 16.2 Å². The lowest BCUT2D eigenvalue weighted by atomic mass is 9.83. The first kappa shape index (κ1) is 25.5. The molecule has 1 fully saturated rings. The zero-order valence-electron chi connectivity index (χ0n) is 21.6. The number of hydrogen-bond acceptors (Lipinski definition) is 7. The van der Waals surface area contributed by atoms with Gasteiger partial charge < -0.3 is 14.5 Å². The number of methoxy groups -OCH3 is 1. The average molecular weight is 559 g/mol. The Morgan fingerprint density at radius 2 is 1.69 bits per heavy atom. The van der Waals surface area contributed by atoms with Crippen LogP contribution in [0.25, 0.3) is 0 Å². The predicted molar refractivity (Wildman–Crippen MR) is 152 cm³/mol. The molecule has 0 spiro atoms. The number of rotatable bonds is 6. The lowest BCUT2D eigenvalue weighted by molar-refractivity contribution is -0.122. The highest BCUT2D eigenvalue weighted by atomic mass is 32.2. The first-order chi connectivity index (χ1) is 18.9. The Bertz CT molecular complexity index is 1640. The van der Waals surface area contributed by atoms with Crippen molar-refractivity contribution in [3.8, 4) is 11.5 Å². The summed E-state index contributed by atoms with van der Waals surface area (Å²) in [5, 5.41) is -0.00784. The van der Waals surface area contributed by atoms with Crippen molar-refractivity contribution in [3.63, 3.8) is 0 Å². The molecule has 2 aliphatic heterocycles. The molecule has 2 unspecified atom stereocenters. The Hall–Kier alpha value is -3.82. The Kier molecular flexibility index (Phi) is 6.56. The molecule has 2 aliphatic rings.